The van der Waals surface area contributed by atoms with E-state index in [0.29, 0.717) is 18.2 Å². The van der Waals surface area contributed by atoms with E-state index < -0.39 is 10.0 Å². The van der Waals surface area contributed by atoms with Gasteiger partial charge in [-0.3, -0.25) is 4.99 Å². The van der Waals surface area contributed by atoms with E-state index in [4.69, 9.17) is 0 Å². The molecule has 0 spiro atoms. The lowest BCUT2D eigenvalue weighted by molar-refractivity contribution is 0.467. The van der Waals surface area contributed by atoms with E-state index >= 15 is 0 Å². The third-order valence-corrected chi connectivity index (χ3v) is 6.58. The van der Waals surface area contributed by atoms with Crippen LogP contribution in [-0.4, -0.2) is 26.0 Å². The number of hydrogen-bond acceptors (Lipinski definition) is 3. The van der Waals surface area contributed by atoms with E-state index in [1.807, 2.05) is 42.5 Å². The van der Waals surface area contributed by atoms with Crippen molar-refractivity contribution in [3.8, 4) is 0 Å². The third-order valence-electron chi connectivity index (χ3n) is 4.76. The molecule has 0 fully saturated rings. The summed E-state index contributed by atoms with van der Waals surface area (Å²) in [7, 11) is -1.96. The summed E-state index contributed by atoms with van der Waals surface area (Å²) >= 11 is 0. The van der Waals surface area contributed by atoms with Gasteiger partial charge in [-0.05, 0) is 46.9 Å². The normalized spacial score (nSPS) is 12.2. The van der Waals surface area contributed by atoms with Gasteiger partial charge in [0, 0.05) is 19.8 Å². The molecule has 5 heteroatoms. The summed E-state index contributed by atoms with van der Waals surface area (Å²) in [4.78, 5) is 4.71. The van der Waals surface area contributed by atoms with Gasteiger partial charge in [0.15, 0.2) is 0 Å². The second-order valence-corrected chi connectivity index (χ2v) is 9.37. The highest BCUT2D eigenvalue weighted by molar-refractivity contribution is 7.89. The lowest BCUT2D eigenvalue weighted by atomic mass is 10.0. The Balaban J connectivity index is 1.70. The quantitative estimate of drug-likeness (QED) is 0.495. The summed E-state index contributed by atoms with van der Waals surface area (Å²) < 4.78 is 27.0. The van der Waals surface area contributed by atoms with E-state index in [2.05, 4.69) is 31.0 Å². The van der Waals surface area contributed by atoms with Gasteiger partial charge in [-0.25, -0.2) is 8.42 Å². The first-order valence-electron chi connectivity index (χ1n) is 9.60. The maximum atomic E-state index is 12.8. The van der Waals surface area contributed by atoms with Crippen molar-refractivity contribution in [3.63, 3.8) is 0 Å². The summed E-state index contributed by atoms with van der Waals surface area (Å²) in [5, 5.41) is 0. The van der Waals surface area contributed by atoms with E-state index in [1.54, 1.807) is 37.5 Å². The molecule has 0 amide bonds. The van der Waals surface area contributed by atoms with Crippen LogP contribution in [0, 0.1) is 0 Å². The van der Waals surface area contributed by atoms with Crippen LogP contribution in [0.2, 0.25) is 0 Å². The van der Waals surface area contributed by atoms with Crippen molar-refractivity contribution in [1.82, 2.24) is 4.31 Å². The minimum absolute atomic E-state index is 0.260. The first kappa shape index (κ1) is 21.0. The fraction of sp³-hybridized carbons (Fsp3) is 0.208. The Bertz CT molecular complexity index is 1060. The van der Waals surface area contributed by atoms with Gasteiger partial charge < -0.3 is 0 Å². The van der Waals surface area contributed by atoms with Crippen molar-refractivity contribution >= 4 is 21.9 Å². The molecule has 0 bridgehead atoms. The maximum Gasteiger partial charge on any atom is 0.243 e. The molecule has 3 aromatic rings. The van der Waals surface area contributed by atoms with Crippen molar-refractivity contribution < 1.29 is 8.42 Å². The van der Waals surface area contributed by atoms with Crippen LogP contribution in [0.4, 0.5) is 5.69 Å². The molecule has 4 nitrogen and oxygen atoms in total. The smallest absolute Gasteiger partial charge is 0.243 e. The van der Waals surface area contributed by atoms with Crippen molar-refractivity contribution in [1.29, 1.82) is 0 Å². The van der Waals surface area contributed by atoms with E-state index in [1.165, 1.54) is 9.87 Å². The van der Waals surface area contributed by atoms with Crippen molar-refractivity contribution in [2.75, 3.05) is 7.05 Å². The SMILES string of the molecule is CC(C)c1ccc(C=Nc2ccc(S(=O)(=O)N(C)Cc3ccccc3)cc2)cc1. The fourth-order valence-corrected chi connectivity index (χ4v) is 4.08. The van der Waals surface area contributed by atoms with Crippen LogP contribution in [-0.2, 0) is 16.6 Å². The molecule has 3 rings (SSSR count). The monoisotopic (exact) mass is 406 g/mol. The van der Waals surface area contributed by atoms with E-state index in [-0.39, 0.29) is 4.90 Å². The predicted octanol–water partition coefficient (Wildman–Crippen LogP) is 5.38. The molecule has 29 heavy (non-hydrogen) atoms. The first-order valence-corrected chi connectivity index (χ1v) is 11.0. The molecule has 0 saturated heterocycles. The van der Waals surface area contributed by atoms with Crippen LogP contribution < -0.4 is 0 Å². The largest absolute Gasteiger partial charge is 0.256 e. The zero-order chi connectivity index (χ0) is 20.9. The Morgan fingerprint density at radius 1 is 0.897 bits per heavy atom. The zero-order valence-electron chi connectivity index (χ0n) is 17.0. The Hall–Kier alpha value is -2.76. The second-order valence-electron chi connectivity index (χ2n) is 7.32. The number of hydrogen-bond donors (Lipinski definition) is 0. The van der Waals surface area contributed by atoms with Crippen LogP contribution in [0.5, 0.6) is 0 Å². The van der Waals surface area contributed by atoms with Gasteiger partial charge in [0.05, 0.1) is 10.6 Å². The van der Waals surface area contributed by atoms with Crippen molar-refractivity contribution in [3.05, 3.63) is 95.6 Å². The summed E-state index contributed by atoms with van der Waals surface area (Å²) in [6.45, 7) is 4.65. The van der Waals surface area contributed by atoms with Crippen LogP contribution in [0.15, 0.2) is 88.8 Å². The molecular formula is C24H26N2O2S. The molecule has 0 unspecified atom stereocenters. The van der Waals surface area contributed by atoms with Crippen LogP contribution in [0.25, 0.3) is 0 Å². The molecule has 3 aromatic carbocycles. The number of rotatable bonds is 7. The predicted molar refractivity (Wildman–Crippen MR) is 119 cm³/mol. The van der Waals surface area contributed by atoms with Crippen molar-refractivity contribution in [2.45, 2.75) is 31.2 Å². The molecule has 0 atom stereocenters. The molecular weight excluding hydrogens is 380 g/mol. The molecule has 0 aromatic heterocycles. The average molecular weight is 407 g/mol. The molecule has 0 aliphatic carbocycles. The second kappa shape index (κ2) is 9.16. The Morgan fingerprint density at radius 2 is 1.52 bits per heavy atom. The van der Waals surface area contributed by atoms with E-state index in [0.717, 1.165) is 11.1 Å². The fourth-order valence-electron chi connectivity index (χ4n) is 2.93. The number of nitrogens with zero attached hydrogens (tertiary/aromatic N) is 2. The molecule has 0 aliphatic heterocycles. The van der Waals surface area contributed by atoms with Gasteiger partial charge in [-0.2, -0.15) is 4.31 Å². The van der Waals surface area contributed by atoms with Crippen LogP contribution in [0.1, 0.15) is 36.5 Å². The van der Waals surface area contributed by atoms with E-state index in [9.17, 15) is 8.42 Å². The van der Waals surface area contributed by atoms with Gasteiger partial charge in [0.2, 0.25) is 10.0 Å². The molecule has 0 radical (unpaired) electrons. The molecule has 0 aliphatic rings. The summed E-state index contributed by atoms with van der Waals surface area (Å²) in [5.74, 6) is 0.496. The molecule has 150 valence electrons. The lowest BCUT2D eigenvalue weighted by Gasteiger charge is -2.17. The third kappa shape index (κ3) is 5.40. The Labute approximate surface area is 173 Å². The minimum Gasteiger partial charge on any atom is -0.256 e. The first-order chi connectivity index (χ1) is 13.9. The Kier molecular flexibility index (Phi) is 6.62. The van der Waals surface area contributed by atoms with Gasteiger partial charge >= 0.3 is 0 Å². The lowest BCUT2D eigenvalue weighted by Crippen LogP contribution is -2.26. The number of benzene rings is 3. The summed E-state index contributed by atoms with van der Waals surface area (Å²) in [6.07, 6.45) is 1.79. The maximum absolute atomic E-state index is 12.8. The summed E-state index contributed by atoms with van der Waals surface area (Å²) in [6, 6.07) is 24.5. The number of sulfonamides is 1. The Morgan fingerprint density at radius 3 is 2.10 bits per heavy atom. The standard InChI is InChI=1S/C24H26N2O2S/c1-19(2)22-11-9-20(10-12-22)17-25-23-13-15-24(16-14-23)29(27,28)26(3)18-21-7-5-4-6-8-21/h4-17,19H,18H2,1-3H3. The van der Waals surface area contributed by atoms with Gasteiger partial charge in [0.1, 0.15) is 0 Å². The molecule has 0 heterocycles. The van der Waals surface area contributed by atoms with Crippen LogP contribution in [0.3, 0.4) is 0 Å². The highest BCUT2D eigenvalue weighted by atomic mass is 32.2. The molecule has 0 saturated carbocycles. The summed E-state index contributed by atoms with van der Waals surface area (Å²) in [5.41, 5.74) is 3.95. The molecule has 0 N–H and O–H groups in total. The van der Waals surface area contributed by atoms with Gasteiger partial charge in [0.25, 0.3) is 0 Å². The zero-order valence-corrected chi connectivity index (χ0v) is 17.8. The highest BCUT2D eigenvalue weighted by Gasteiger charge is 2.20. The van der Waals surface area contributed by atoms with Crippen LogP contribution >= 0.6 is 0 Å². The topological polar surface area (TPSA) is 49.7 Å². The van der Waals surface area contributed by atoms with Crippen molar-refractivity contribution in [2.24, 2.45) is 4.99 Å². The minimum atomic E-state index is -3.55. The average Bonchev–Trinajstić information content (AvgIpc) is 2.73. The number of aliphatic imine (C=N–C) groups is 1. The highest BCUT2D eigenvalue weighted by Crippen LogP contribution is 2.21. The van der Waals surface area contributed by atoms with Gasteiger partial charge in [-0.15, -0.1) is 0 Å². The van der Waals surface area contributed by atoms with Gasteiger partial charge in [-0.1, -0.05) is 68.4 Å².